The van der Waals surface area contributed by atoms with Gasteiger partial charge in [0.2, 0.25) is 0 Å². The summed E-state index contributed by atoms with van der Waals surface area (Å²) in [5.41, 5.74) is 0. The smallest absolute Gasteiger partial charge is 0.00823 e. The average molecular weight is 266 g/mol. The van der Waals surface area contributed by atoms with E-state index in [0.29, 0.717) is 0 Å². The van der Waals surface area contributed by atoms with Gasteiger partial charge in [0.1, 0.15) is 0 Å². The zero-order chi connectivity index (χ0) is 13.5. The zero-order valence-corrected chi connectivity index (χ0v) is 13.2. The van der Waals surface area contributed by atoms with Crippen molar-refractivity contribution in [2.24, 2.45) is 5.92 Å². The van der Waals surface area contributed by atoms with Crippen LogP contribution in [0.5, 0.6) is 0 Å². The molecule has 1 saturated carbocycles. The van der Waals surface area contributed by atoms with Crippen LogP contribution in [-0.2, 0) is 0 Å². The molecule has 0 aromatic rings. The predicted octanol–water partition coefficient (Wildman–Crippen LogP) is 3.81. The Kier molecular flexibility index (Phi) is 6.66. The van der Waals surface area contributed by atoms with Gasteiger partial charge < -0.3 is 10.2 Å². The van der Waals surface area contributed by atoms with E-state index in [2.05, 4.69) is 24.1 Å². The molecule has 1 unspecified atom stereocenters. The van der Waals surface area contributed by atoms with Crippen LogP contribution in [-0.4, -0.2) is 36.6 Å². The third-order valence-corrected chi connectivity index (χ3v) is 5.37. The summed E-state index contributed by atoms with van der Waals surface area (Å²) in [6.45, 7) is 8.57. The van der Waals surface area contributed by atoms with Gasteiger partial charge in [-0.25, -0.2) is 0 Å². The van der Waals surface area contributed by atoms with E-state index < -0.39 is 0 Å². The van der Waals surface area contributed by atoms with Crippen LogP contribution in [0, 0.1) is 5.92 Å². The van der Waals surface area contributed by atoms with Gasteiger partial charge in [-0.3, -0.25) is 0 Å². The molecule has 0 radical (unpaired) electrons. The molecule has 0 aromatic heterocycles. The molecule has 0 amide bonds. The molecule has 1 aliphatic heterocycles. The molecule has 0 spiro atoms. The lowest BCUT2D eigenvalue weighted by Crippen LogP contribution is -2.41. The Labute approximate surface area is 120 Å². The Bertz CT molecular complexity index is 233. The van der Waals surface area contributed by atoms with E-state index in [1.807, 2.05) is 0 Å². The molecule has 1 aliphatic carbocycles. The van der Waals surface area contributed by atoms with E-state index in [1.54, 1.807) is 0 Å². The second-order valence-corrected chi connectivity index (χ2v) is 6.77. The molecule has 2 atom stereocenters. The van der Waals surface area contributed by atoms with Crippen molar-refractivity contribution < 1.29 is 0 Å². The van der Waals surface area contributed by atoms with Gasteiger partial charge in [-0.2, -0.15) is 0 Å². The first-order chi connectivity index (χ1) is 9.29. The largest absolute Gasteiger partial charge is 0.311 e. The SMILES string of the molecule is CCN1CCCC(N[C@@H](C)C2CCCCCC2)CC1. The van der Waals surface area contributed by atoms with Gasteiger partial charge in [-0.15, -0.1) is 0 Å². The molecule has 2 aliphatic rings. The van der Waals surface area contributed by atoms with Crippen LogP contribution in [0.2, 0.25) is 0 Å². The van der Waals surface area contributed by atoms with Crippen LogP contribution in [0.1, 0.15) is 71.6 Å². The molecular weight excluding hydrogens is 232 g/mol. The Morgan fingerprint density at radius 3 is 2.37 bits per heavy atom. The minimum absolute atomic E-state index is 0.733. The van der Waals surface area contributed by atoms with Crippen LogP contribution >= 0.6 is 0 Å². The summed E-state index contributed by atoms with van der Waals surface area (Å²) in [4.78, 5) is 2.61. The fourth-order valence-electron chi connectivity index (χ4n) is 3.96. The van der Waals surface area contributed by atoms with Crippen LogP contribution < -0.4 is 5.32 Å². The van der Waals surface area contributed by atoms with Gasteiger partial charge >= 0.3 is 0 Å². The first-order valence-corrected chi connectivity index (χ1v) is 8.78. The average Bonchev–Trinajstić information content (AvgIpc) is 2.80. The predicted molar refractivity (Wildman–Crippen MR) is 83.5 cm³/mol. The lowest BCUT2D eigenvalue weighted by Gasteiger charge is -2.28. The molecule has 1 N–H and O–H groups in total. The molecule has 19 heavy (non-hydrogen) atoms. The molecule has 2 rings (SSSR count). The molecule has 2 fully saturated rings. The van der Waals surface area contributed by atoms with E-state index in [9.17, 15) is 0 Å². The van der Waals surface area contributed by atoms with Crippen molar-refractivity contribution in [1.82, 2.24) is 10.2 Å². The Morgan fingerprint density at radius 2 is 1.68 bits per heavy atom. The standard InChI is InChI=1S/C17H34N2/c1-3-19-13-8-11-17(12-14-19)18-15(2)16-9-6-4-5-7-10-16/h15-18H,3-14H2,1-2H3/t15-,17?/m0/s1. The van der Waals surface area contributed by atoms with Crippen molar-refractivity contribution in [3.8, 4) is 0 Å². The third-order valence-electron chi connectivity index (χ3n) is 5.37. The Balaban J connectivity index is 1.75. The number of likely N-dealkylation sites (tertiary alicyclic amines) is 1. The Hall–Kier alpha value is -0.0800. The van der Waals surface area contributed by atoms with Crippen LogP contribution in [0.4, 0.5) is 0 Å². The molecule has 0 bridgehead atoms. The van der Waals surface area contributed by atoms with Crippen molar-refractivity contribution >= 4 is 0 Å². The van der Waals surface area contributed by atoms with E-state index >= 15 is 0 Å². The number of nitrogens with one attached hydrogen (secondary N) is 1. The summed E-state index contributed by atoms with van der Waals surface area (Å²) in [6, 6.07) is 1.51. The summed E-state index contributed by atoms with van der Waals surface area (Å²) in [5.74, 6) is 0.938. The summed E-state index contributed by atoms with van der Waals surface area (Å²) < 4.78 is 0. The van der Waals surface area contributed by atoms with Gasteiger partial charge in [-0.1, -0.05) is 32.6 Å². The second kappa shape index (κ2) is 8.26. The minimum atomic E-state index is 0.733. The van der Waals surface area contributed by atoms with Crippen molar-refractivity contribution in [2.75, 3.05) is 19.6 Å². The maximum atomic E-state index is 3.97. The van der Waals surface area contributed by atoms with Gasteiger partial charge in [0.05, 0.1) is 0 Å². The number of rotatable bonds is 4. The fourth-order valence-corrected chi connectivity index (χ4v) is 3.96. The van der Waals surface area contributed by atoms with E-state index in [1.165, 1.54) is 77.4 Å². The van der Waals surface area contributed by atoms with Crippen molar-refractivity contribution in [3.63, 3.8) is 0 Å². The van der Waals surface area contributed by atoms with E-state index in [-0.39, 0.29) is 0 Å². The number of hydrogen-bond acceptors (Lipinski definition) is 2. The topological polar surface area (TPSA) is 15.3 Å². The highest BCUT2D eigenvalue weighted by Gasteiger charge is 2.23. The highest BCUT2D eigenvalue weighted by Crippen LogP contribution is 2.26. The molecular formula is C17H34N2. The molecule has 112 valence electrons. The van der Waals surface area contributed by atoms with Gasteiger partial charge in [0.15, 0.2) is 0 Å². The maximum Gasteiger partial charge on any atom is 0.00823 e. The van der Waals surface area contributed by atoms with Gasteiger partial charge in [0.25, 0.3) is 0 Å². The normalized spacial score (nSPS) is 29.7. The highest BCUT2D eigenvalue weighted by molar-refractivity contribution is 4.81. The maximum absolute atomic E-state index is 3.97. The summed E-state index contributed by atoms with van der Waals surface area (Å²) in [6.07, 6.45) is 12.9. The molecule has 2 nitrogen and oxygen atoms in total. The highest BCUT2D eigenvalue weighted by atomic mass is 15.1. The third kappa shape index (κ3) is 5.07. The van der Waals surface area contributed by atoms with Crippen molar-refractivity contribution in [1.29, 1.82) is 0 Å². The lowest BCUT2D eigenvalue weighted by atomic mass is 9.92. The van der Waals surface area contributed by atoms with Crippen molar-refractivity contribution in [3.05, 3.63) is 0 Å². The van der Waals surface area contributed by atoms with E-state index in [4.69, 9.17) is 0 Å². The molecule has 2 heteroatoms. The molecule has 1 heterocycles. The summed E-state index contributed by atoms with van der Waals surface area (Å²) in [5, 5.41) is 3.97. The second-order valence-electron chi connectivity index (χ2n) is 6.77. The minimum Gasteiger partial charge on any atom is -0.311 e. The fraction of sp³-hybridized carbons (Fsp3) is 1.00. The van der Waals surface area contributed by atoms with E-state index in [0.717, 1.165) is 18.0 Å². The molecule has 0 aromatic carbocycles. The lowest BCUT2D eigenvalue weighted by molar-refractivity contribution is 0.280. The number of hydrogen-bond donors (Lipinski definition) is 1. The van der Waals surface area contributed by atoms with Gasteiger partial charge in [0, 0.05) is 12.1 Å². The Morgan fingerprint density at radius 1 is 0.947 bits per heavy atom. The first kappa shape index (κ1) is 15.3. The van der Waals surface area contributed by atoms with Crippen LogP contribution in [0.15, 0.2) is 0 Å². The van der Waals surface area contributed by atoms with Crippen LogP contribution in [0.25, 0.3) is 0 Å². The van der Waals surface area contributed by atoms with Crippen LogP contribution in [0.3, 0.4) is 0 Å². The first-order valence-electron chi connectivity index (χ1n) is 8.78. The van der Waals surface area contributed by atoms with Gasteiger partial charge in [-0.05, 0) is 64.6 Å². The summed E-state index contributed by atoms with van der Waals surface area (Å²) in [7, 11) is 0. The summed E-state index contributed by atoms with van der Waals surface area (Å²) >= 11 is 0. The van der Waals surface area contributed by atoms with Crippen molar-refractivity contribution in [2.45, 2.75) is 83.7 Å². The molecule has 1 saturated heterocycles. The number of nitrogens with zero attached hydrogens (tertiary/aromatic N) is 1. The monoisotopic (exact) mass is 266 g/mol. The zero-order valence-electron chi connectivity index (χ0n) is 13.2. The quantitative estimate of drug-likeness (QED) is 0.778.